The number of sulfone groups is 1. The molecule has 0 saturated carbocycles. The quantitative estimate of drug-likeness (QED) is 0.863. The van der Waals surface area contributed by atoms with Gasteiger partial charge in [0.2, 0.25) is 0 Å². The SMILES string of the molecule is CCS(=O)(=O)c1ccc(NCc2ccc(F)c(Br)c2)cc1. The lowest BCUT2D eigenvalue weighted by Gasteiger charge is -2.08. The van der Waals surface area contributed by atoms with Gasteiger partial charge >= 0.3 is 0 Å². The van der Waals surface area contributed by atoms with Crippen LogP contribution in [0.4, 0.5) is 10.1 Å². The van der Waals surface area contributed by atoms with Crippen molar-refractivity contribution >= 4 is 31.5 Å². The van der Waals surface area contributed by atoms with Gasteiger partial charge in [0.15, 0.2) is 9.84 Å². The Morgan fingerprint density at radius 3 is 2.38 bits per heavy atom. The molecule has 0 aromatic heterocycles. The smallest absolute Gasteiger partial charge is 0.178 e. The Labute approximate surface area is 132 Å². The molecule has 0 heterocycles. The molecular formula is C15H15BrFNO2S. The molecule has 2 rings (SSSR count). The number of hydrogen-bond donors (Lipinski definition) is 1. The summed E-state index contributed by atoms with van der Waals surface area (Å²) in [6.07, 6.45) is 0. The lowest BCUT2D eigenvalue weighted by atomic mass is 10.2. The largest absolute Gasteiger partial charge is 0.381 e. The minimum atomic E-state index is -3.17. The average Bonchev–Trinajstić information content (AvgIpc) is 2.49. The molecule has 0 aliphatic carbocycles. The molecule has 0 bridgehead atoms. The van der Waals surface area contributed by atoms with Gasteiger partial charge in [0.25, 0.3) is 0 Å². The van der Waals surface area contributed by atoms with Crippen molar-refractivity contribution in [1.82, 2.24) is 0 Å². The Bertz CT molecular complexity index is 730. The fourth-order valence-corrected chi connectivity index (χ4v) is 3.11. The number of benzene rings is 2. The maximum Gasteiger partial charge on any atom is 0.178 e. The van der Waals surface area contributed by atoms with Crippen molar-refractivity contribution < 1.29 is 12.8 Å². The van der Waals surface area contributed by atoms with Crippen molar-refractivity contribution in [2.75, 3.05) is 11.1 Å². The molecule has 0 radical (unpaired) electrons. The van der Waals surface area contributed by atoms with E-state index in [0.717, 1.165) is 11.3 Å². The van der Waals surface area contributed by atoms with E-state index in [-0.39, 0.29) is 11.6 Å². The van der Waals surface area contributed by atoms with E-state index in [1.807, 2.05) is 0 Å². The van der Waals surface area contributed by atoms with Gasteiger partial charge < -0.3 is 5.32 Å². The summed E-state index contributed by atoms with van der Waals surface area (Å²) in [7, 11) is -3.17. The predicted molar refractivity (Wildman–Crippen MR) is 85.6 cm³/mol. The van der Waals surface area contributed by atoms with E-state index >= 15 is 0 Å². The van der Waals surface area contributed by atoms with Crippen LogP contribution < -0.4 is 5.32 Å². The fraction of sp³-hybridized carbons (Fsp3) is 0.200. The van der Waals surface area contributed by atoms with Gasteiger partial charge in [-0.3, -0.25) is 0 Å². The fourth-order valence-electron chi connectivity index (χ4n) is 1.80. The standard InChI is InChI=1S/C15H15BrFNO2S/c1-2-21(19,20)13-6-4-12(5-7-13)18-10-11-3-8-15(17)14(16)9-11/h3-9,18H,2,10H2,1H3. The predicted octanol–water partition coefficient (Wildman–Crippen LogP) is 3.99. The van der Waals surface area contributed by atoms with Crippen LogP contribution in [0.5, 0.6) is 0 Å². The number of anilines is 1. The molecular weight excluding hydrogens is 357 g/mol. The summed E-state index contributed by atoms with van der Waals surface area (Å²) in [4.78, 5) is 0.320. The molecule has 0 amide bonds. The van der Waals surface area contributed by atoms with Gasteiger partial charge in [-0.25, -0.2) is 12.8 Å². The molecule has 112 valence electrons. The first-order chi connectivity index (χ1) is 9.92. The molecule has 0 spiro atoms. The Morgan fingerprint density at radius 1 is 1.14 bits per heavy atom. The van der Waals surface area contributed by atoms with E-state index in [4.69, 9.17) is 0 Å². The summed E-state index contributed by atoms with van der Waals surface area (Å²) >= 11 is 3.14. The molecule has 6 heteroatoms. The van der Waals surface area contributed by atoms with Crippen molar-refractivity contribution in [3.63, 3.8) is 0 Å². The van der Waals surface area contributed by atoms with E-state index in [9.17, 15) is 12.8 Å². The average molecular weight is 372 g/mol. The van der Waals surface area contributed by atoms with Gasteiger partial charge in [-0.15, -0.1) is 0 Å². The van der Waals surface area contributed by atoms with Crippen molar-refractivity contribution in [3.05, 3.63) is 58.3 Å². The summed E-state index contributed by atoms with van der Waals surface area (Å²) < 4.78 is 36.9. The highest BCUT2D eigenvalue weighted by molar-refractivity contribution is 9.10. The number of rotatable bonds is 5. The summed E-state index contributed by atoms with van der Waals surface area (Å²) in [5.41, 5.74) is 1.74. The highest BCUT2D eigenvalue weighted by atomic mass is 79.9. The van der Waals surface area contributed by atoms with Crippen LogP contribution in [0.3, 0.4) is 0 Å². The van der Waals surface area contributed by atoms with Gasteiger partial charge in [-0.1, -0.05) is 13.0 Å². The van der Waals surface area contributed by atoms with Gasteiger partial charge in [-0.2, -0.15) is 0 Å². The number of hydrogen-bond acceptors (Lipinski definition) is 3. The van der Waals surface area contributed by atoms with Crippen molar-refractivity contribution in [2.45, 2.75) is 18.4 Å². The Kier molecular flexibility index (Phi) is 5.00. The Balaban J connectivity index is 2.05. The zero-order valence-electron chi connectivity index (χ0n) is 11.4. The molecule has 2 aromatic carbocycles. The first kappa shape index (κ1) is 16.0. The highest BCUT2D eigenvalue weighted by Crippen LogP contribution is 2.19. The second kappa shape index (κ2) is 6.58. The summed E-state index contributed by atoms with van der Waals surface area (Å²) in [6.45, 7) is 2.15. The van der Waals surface area contributed by atoms with Gasteiger partial charge in [0.1, 0.15) is 5.82 Å². The van der Waals surface area contributed by atoms with Crippen LogP contribution in [0, 0.1) is 5.82 Å². The van der Waals surface area contributed by atoms with Gasteiger partial charge in [0, 0.05) is 12.2 Å². The van der Waals surface area contributed by atoms with Crippen molar-refractivity contribution in [1.29, 1.82) is 0 Å². The van der Waals surface area contributed by atoms with Crippen LogP contribution in [0.2, 0.25) is 0 Å². The molecule has 0 unspecified atom stereocenters. The van der Waals surface area contributed by atoms with Crippen LogP contribution in [0.25, 0.3) is 0 Å². The first-order valence-electron chi connectivity index (χ1n) is 6.43. The number of nitrogens with one attached hydrogen (secondary N) is 1. The second-order valence-electron chi connectivity index (χ2n) is 4.53. The third-order valence-electron chi connectivity index (χ3n) is 3.07. The van der Waals surface area contributed by atoms with E-state index in [1.165, 1.54) is 6.07 Å². The minimum absolute atomic E-state index is 0.0867. The lowest BCUT2D eigenvalue weighted by Crippen LogP contribution is -2.04. The molecule has 0 saturated heterocycles. The van der Waals surface area contributed by atoms with Gasteiger partial charge in [0.05, 0.1) is 15.1 Å². The van der Waals surface area contributed by atoms with Gasteiger partial charge in [-0.05, 0) is 57.9 Å². The summed E-state index contributed by atoms with van der Waals surface area (Å²) in [6, 6.07) is 11.4. The van der Waals surface area contributed by atoms with Crippen molar-refractivity contribution in [3.8, 4) is 0 Å². The molecule has 0 atom stereocenters. The molecule has 21 heavy (non-hydrogen) atoms. The zero-order valence-corrected chi connectivity index (χ0v) is 13.8. The van der Waals surface area contributed by atoms with E-state index in [2.05, 4.69) is 21.2 Å². The number of halogens is 2. The molecule has 1 N–H and O–H groups in total. The molecule has 0 fully saturated rings. The van der Waals surface area contributed by atoms with E-state index < -0.39 is 9.84 Å². The Morgan fingerprint density at radius 2 is 1.81 bits per heavy atom. The van der Waals surface area contributed by atoms with Crippen LogP contribution in [0.1, 0.15) is 12.5 Å². The summed E-state index contributed by atoms with van der Waals surface area (Å²) in [5, 5.41) is 3.17. The molecule has 0 aliphatic heterocycles. The molecule has 0 aliphatic rings. The van der Waals surface area contributed by atoms with Crippen LogP contribution >= 0.6 is 15.9 Å². The normalized spacial score (nSPS) is 11.4. The third kappa shape index (κ3) is 4.04. The maximum atomic E-state index is 13.1. The topological polar surface area (TPSA) is 46.2 Å². The van der Waals surface area contributed by atoms with E-state index in [1.54, 1.807) is 43.3 Å². The maximum absolute atomic E-state index is 13.1. The zero-order chi connectivity index (χ0) is 15.5. The van der Waals surface area contributed by atoms with E-state index in [0.29, 0.717) is 15.9 Å². The van der Waals surface area contributed by atoms with Crippen LogP contribution in [-0.4, -0.2) is 14.2 Å². The second-order valence-corrected chi connectivity index (χ2v) is 7.66. The monoisotopic (exact) mass is 371 g/mol. The third-order valence-corrected chi connectivity index (χ3v) is 5.43. The van der Waals surface area contributed by atoms with Crippen LogP contribution in [0.15, 0.2) is 51.8 Å². The highest BCUT2D eigenvalue weighted by Gasteiger charge is 2.10. The first-order valence-corrected chi connectivity index (χ1v) is 8.87. The lowest BCUT2D eigenvalue weighted by molar-refractivity contribution is 0.597. The molecule has 3 nitrogen and oxygen atoms in total. The van der Waals surface area contributed by atoms with Crippen LogP contribution in [-0.2, 0) is 16.4 Å². The van der Waals surface area contributed by atoms with Crippen molar-refractivity contribution in [2.24, 2.45) is 0 Å². The minimum Gasteiger partial charge on any atom is -0.381 e. The Hall–Kier alpha value is -1.40. The molecule has 2 aromatic rings. The summed E-state index contributed by atoms with van der Waals surface area (Å²) in [5.74, 6) is -0.212.